The Bertz CT molecular complexity index is 1370. The molecule has 0 bridgehead atoms. The molecule has 2 aliphatic heterocycles. The molecule has 2 aliphatic rings. The van der Waals surface area contributed by atoms with Crippen molar-refractivity contribution in [1.29, 1.82) is 0 Å². The van der Waals surface area contributed by atoms with E-state index in [0.29, 0.717) is 16.0 Å². The molecule has 0 spiro atoms. The summed E-state index contributed by atoms with van der Waals surface area (Å²) >= 11 is 16.1. The minimum atomic E-state index is -0.352. The molecule has 5 nitrogen and oxygen atoms in total. The van der Waals surface area contributed by atoms with Gasteiger partial charge < -0.3 is 10.1 Å². The SMILES string of the molecule is Clc1ccc([C@@H]2Oc3ccc(Cl)cc3C3=C2[C@H](c2ccc(Br)cc2)n2ncnc2N3)cc1. The molecule has 1 N–H and O–H groups in total. The van der Waals surface area contributed by atoms with Crippen LogP contribution in [0.15, 0.2) is 83.1 Å². The summed E-state index contributed by atoms with van der Waals surface area (Å²) in [5.41, 5.74) is 4.93. The van der Waals surface area contributed by atoms with Gasteiger partial charge in [0.1, 0.15) is 24.2 Å². The lowest BCUT2D eigenvalue weighted by Gasteiger charge is -2.39. The molecule has 2 atom stereocenters. The van der Waals surface area contributed by atoms with Gasteiger partial charge in [-0.25, -0.2) is 4.68 Å². The van der Waals surface area contributed by atoms with Crippen molar-refractivity contribution < 1.29 is 4.74 Å². The second-order valence-corrected chi connectivity index (χ2v) is 9.42. The summed E-state index contributed by atoms with van der Waals surface area (Å²) in [5, 5.41) is 9.33. The Balaban J connectivity index is 1.63. The van der Waals surface area contributed by atoms with Crippen molar-refractivity contribution in [3.05, 3.63) is 110 Å². The van der Waals surface area contributed by atoms with E-state index in [1.54, 1.807) is 6.33 Å². The average molecular weight is 526 g/mol. The molecule has 32 heavy (non-hydrogen) atoms. The van der Waals surface area contributed by atoms with E-state index in [-0.39, 0.29) is 12.1 Å². The molecule has 0 saturated carbocycles. The standard InChI is InChI=1S/C24H15BrCl2N4O/c25-15-5-1-13(2-6-15)22-20-21(30-24-28-12-29-31(22)24)18-11-17(27)9-10-19(18)32-23(20)14-3-7-16(26)8-4-14/h1-12,22-23H,(H,28,29,30)/t22-,23-/m0/s1. The fraction of sp³-hybridized carbons (Fsp3) is 0.0833. The Morgan fingerprint density at radius 3 is 2.41 bits per heavy atom. The Morgan fingerprint density at radius 1 is 0.906 bits per heavy atom. The molecule has 158 valence electrons. The van der Waals surface area contributed by atoms with Gasteiger partial charge in [-0.05, 0) is 53.6 Å². The number of rotatable bonds is 2. The molecule has 3 heterocycles. The minimum Gasteiger partial charge on any atom is -0.480 e. The third-order valence-corrected chi connectivity index (χ3v) is 6.75. The highest BCUT2D eigenvalue weighted by atomic mass is 79.9. The highest BCUT2D eigenvalue weighted by molar-refractivity contribution is 9.10. The summed E-state index contributed by atoms with van der Waals surface area (Å²) in [5.74, 6) is 1.42. The first kappa shape index (κ1) is 19.9. The van der Waals surface area contributed by atoms with Crippen molar-refractivity contribution in [1.82, 2.24) is 14.8 Å². The summed E-state index contributed by atoms with van der Waals surface area (Å²) in [6.07, 6.45) is 1.21. The van der Waals surface area contributed by atoms with Crippen molar-refractivity contribution in [3.8, 4) is 5.75 Å². The molecule has 1 aromatic heterocycles. The Hall–Kier alpha value is -2.80. The number of hydrogen-bond acceptors (Lipinski definition) is 4. The van der Waals surface area contributed by atoms with Crippen molar-refractivity contribution in [2.24, 2.45) is 0 Å². The average Bonchev–Trinajstić information content (AvgIpc) is 3.27. The van der Waals surface area contributed by atoms with E-state index < -0.39 is 0 Å². The number of nitrogens with one attached hydrogen (secondary N) is 1. The van der Waals surface area contributed by atoms with Crippen LogP contribution in [0.1, 0.15) is 28.8 Å². The number of anilines is 1. The molecule has 0 saturated heterocycles. The molecular formula is C24H15BrCl2N4O. The van der Waals surface area contributed by atoms with Gasteiger partial charge in [-0.15, -0.1) is 0 Å². The van der Waals surface area contributed by atoms with E-state index >= 15 is 0 Å². The number of benzene rings is 3. The van der Waals surface area contributed by atoms with Crippen molar-refractivity contribution in [2.45, 2.75) is 12.1 Å². The molecular weight excluding hydrogens is 511 g/mol. The zero-order valence-corrected chi connectivity index (χ0v) is 19.6. The maximum Gasteiger partial charge on any atom is 0.226 e. The van der Waals surface area contributed by atoms with Gasteiger partial charge in [0.05, 0.1) is 5.70 Å². The zero-order chi connectivity index (χ0) is 21.8. The highest BCUT2D eigenvalue weighted by Gasteiger charge is 2.41. The van der Waals surface area contributed by atoms with Gasteiger partial charge in [0.2, 0.25) is 5.95 Å². The fourth-order valence-corrected chi connectivity index (χ4v) is 4.88. The number of hydrogen-bond donors (Lipinski definition) is 1. The lowest BCUT2D eigenvalue weighted by atomic mass is 9.84. The van der Waals surface area contributed by atoms with Gasteiger partial charge in [-0.3, -0.25) is 0 Å². The second kappa shape index (κ2) is 7.66. The predicted octanol–water partition coefficient (Wildman–Crippen LogP) is 6.91. The summed E-state index contributed by atoms with van der Waals surface area (Å²) in [4.78, 5) is 4.45. The van der Waals surface area contributed by atoms with Crippen LogP contribution >= 0.6 is 39.1 Å². The third kappa shape index (κ3) is 3.22. The highest BCUT2D eigenvalue weighted by Crippen LogP contribution is 2.51. The Labute approximate surface area is 202 Å². The van der Waals surface area contributed by atoms with E-state index in [4.69, 9.17) is 27.9 Å². The Morgan fingerprint density at radius 2 is 1.62 bits per heavy atom. The van der Waals surface area contributed by atoms with Gasteiger partial charge >= 0.3 is 0 Å². The van der Waals surface area contributed by atoms with Crippen LogP contribution in [0, 0.1) is 0 Å². The van der Waals surface area contributed by atoms with Crippen LogP contribution < -0.4 is 10.1 Å². The molecule has 8 heteroatoms. The summed E-state index contributed by atoms with van der Waals surface area (Å²) in [7, 11) is 0. The lowest BCUT2D eigenvalue weighted by molar-refractivity contribution is 0.223. The predicted molar refractivity (Wildman–Crippen MR) is 129 cm³/mol. The molecule has 3 aromatic carbocycles. The molecule has 0 radical (unpaired) electrons. The van der Waals surface area contributed by atoms with Gasteiger partial charge in [0.15, 0.2) is 0 Å². The van der Waals surface area contributed by atoms with Crippen LogP contribution in [-0.2, 0) is 0 Å². The molecule has 0 amide bonds. The van der Waals surface area contributed by atoms with Crippen LogP contribution in [0.2, 0.25) is 10.0 Å². The number of ether oxygens (including phenoxy) is 1. The van der Waals surface area contributed by atoms with Crippen LogP contribution in [0.5, 0.6) is 5.75 Å². The molecule has 0 fully saturated rings. The van der Waals surface area contributed by atoms with Crippen LogP contribution in [-0.4, -0.2) is 14.8 Å². The molecule has 0 unspecified atom stereocenters. The molecule has 6 rings (SSSR count). The van der Waals surface area contributed by atoms with Crippen molar-refractivity contribution >= 4 is 50.8 Å². The van der Waals surface area contributed by atoms with Crippen molar-refractivity contribution in [3.63, 3.8) is 0 Å². The van der Waals surface area contributed by atoms with E-state index in [2.05, 4.69) is 43.5 Å². The van der Waals surface area contributed by atoms with Gasteiger partial charge in [-0.2, -0.15) is 10.1 Å². The number of fused-ring (bicyclic) bond motifs is 3. The summed E-state index contributed by atoms with van der Waals surface area (Å²) < 4.78 is 9.48. The van der Waals surface area contributed by atoms with E-state index in [0.717, 1.165) is 38.2 Å². The minimum absolute atomic E-state index is 0.218. The number of aromatic nitrogens is 3. The first-order valence-electron chi connectivity index (χ1n) is 9.96. The second-order valence-electron chi connectivity index (χ2n) is 7.63. The zero-order valence-electron chi connectivity index (χ0n) is 16.5. The van der Waals surface area contributed by atoms with Crippen LogP contribution in [0.4, 0.5) is 5.95 Å². The monoisotopic (exact) mass is 524 g/mol. The van der Waals surface area contributed by atoms with Gasteiger partial charge in [0.25, 0.3) is 0 Å². The van der Waals surface area contributed by atoms with E-state index in [9.17, 15) is 0 Å². The summed E-state index contributed by atoms with van der Waals surface area (Å²) in [6.45, 7) is 0. The third-order valence-electron chi connectivity index (χ3n) is 5.73. The maximum atomic E-state index is 6.58. The normalized spacial score (nSPS) is 18.8. The van der Waals surface area contributed by atoms with Crippen LogP contribution in [0.3, 0.4) is 0 Å². The smallest absolute Gasteiger partial charge is 0.226 e. The van der Waals surface area contributed by atoms with Gasteiger partial charge in [-0.1, -0.05) is 63.4 Å². The van der Waals surface area contributed by atoms with Crippen LogP contribution in [0.25, 0.3) is 5.70 Å². The first-order chi connectivity index (χ1) is 15.6. The topological polar surface area (TPSA) is 52.0 Å². The molecule has 0 aliphatic carbocycles. The van der Waals surface area contributed by atoms with Crippen molar-refractivity contribution in [2.75, 3.05) is 5.32 Å². The summed E-state index contributed by atoms with van der Waals surface area (Å²) in [6, 6.07) is 21.4. The van der Waals surface area contributed by atoms with E-state index in [1.165, 1.54) is 0 Å². The molecule has 4 aromatic rings. The van der Waals surface area contributed by atoms with E-state index in [1.807, 2.05) is 59.3 Å². The van der Waals surface area contributed by atoms with Gasteiger partial charge in [0, 0.05) is 25.7 Å². The Kier molecular flexibility index (Phi) is 4.75. The maximum absolute atomic E-state index is 6.58. The number of nitrogens with zero attached hydrogens (tertiary/aromatic N) is 3. The quantitative estimate of drug-likeness (QED) is 0.309. The largest absolute Gasteiger partial charge is 0.480 e. The first-order valence-corrected chi connectivity index (χ1v) is 11.5. The number of halogens is 3. The fourth-order valence-electron chi connectivity index (χ4n) is 4.32. The lowest BCUT2D eigenvalue weighted by Crippen LogP contribution is -2.32.